The van der Waals surface area contributed by atoms with Crippen LogP contribution in [-0.4, -0.2) is 38.4 Å². The number of nitrogens with one attached hydrogen (secondary N) is 1. The van der Waals surface area contributed by atoms with Crippen molar-refractivity contribution in [3.8, 4) is 5.75 Å². The second-order valence-electron chi connectivity index (χ2n) is 7.16. The summed E-state index contributed by atoms with van der Waals surface area (Å²) in [5.41, 5.74) is 6.14. The minimum atomic E-state index is -0.315. The van der Waals surface area contributed by atoms with Gasteiger partial charge in [0.1, 0.15) is 12.4 Å². The van der Waals surface area contributed by atoms with Crippen LogP contribution in [0.2, 0.25) is 0 Å². The lowest BCUT2D eigenvalue weighted by Gasteiger charge is -2.28. The normalized spacial score (nSPS) is 13.9. The van der Waals surface area contributed by atoms with Gasteiger partial charge in [0.2, 0.25) is 0 Å². The van der Waals surface area contributed by atoms with Crippen molar-refractivity contribution in [2.75, 3.05) is 31.2 Å². The number of ether oxygens (including phenoxy) is 2. The van der Waals surface area contributed by atoms with E-state index in [0.29, 0.717) is 17.9 Å². The van der Waals surface area contributed by atoms with Gasteiger partial charge >= 0.3 is 0 Å². The topological polar surface area (TPSA) is 63.2 Å². The van der Waals surface area contributed by atoms with Crippen LogP contribution < -0.4 is 15.1 Å². The van der Waals surface area contributed by atoms with Crippen LogP contribution in [0.25, 0.3) is 0 Å². The van der Waals surface area contributed by atoms with Crippen LogP contribution in [0, 0.1) is 0 Å². The van der Waals surface area contributed by atoms with Crippen molar-refractivity contribution in [1.82, 2.24) is 5.43 Å². The third-order valence-corrected chi connectivity index (χ3v) is 5.02. The summed E-state index contributed by atoms with van der Waals surface area (Å²) in [6.45, 7) is 3.70. The number of amides is 1. The molecule has 0 saturated carbocycles. The van der Waals surface area contributed by atoms with E-state index < -0.39 is 0 Å². The second kappa shape index (κ2) is 10.4. The Kier molecular flexibility index (Phi) is 6.92. The molecule has 0 aromatic heterocycles. The summed E-state index contributed by atoms with van der Waals surface area (Å²) in [6.07, 6.45) is 1.63. The number of carbonyl (C=O) groups excluding carboxylic acids is 1. The van der Waals surface area contributed by atoms with Crippen molar-refractivity contribution < 1.29 is 14.3 Å². The van der Waals surface area contributed by atoms with Crippen molar-refractivity contribution >= 4 is 17.8 Å². The average Bonchev–Trinajstić information content (AvgIpc) is 2.84. The number of hydrazone groups is 1. The monoisotopic (exact) mass is 415 g/mol. The fourth-order valence-electron chi connectivity index (χ4n) is 3.33. The molecule has 31 heavy (non-hydrogen) atoms. The van der Waals surface area contributed by atoms with E-state index in [-0.39, 0.29) is 5.91 Å². The third-order valence-electron chi connectivity index (χ3n) is 5.02. The summed E-state index contributed by atoms with van der Waals surface area (Å²) < 4.78 is 11.2. The van der Waals surface area contributed by atoms with Crippen LogP contribution in [0.5, 0.6) is 5.75 Å². The quantitative estimate of drug-likeness (QED) is 0.470. The van der Waals surface area contributed by atoms with Gasteiger partial charge in [-0.3, -0.25) is 4.79 Å². The van der Waals surface area contributed by atoms with Crippen molar-refractivity contribution in [2.45, 2.75) is 6.61 Å². The SMILES string of the molecule is O=C(N/N=C\c1ccc(N2CCOCC2)cc1)c1ccccc1OCc1ccccc1. The van der Waals surface area contributed by atoms with Crippen molar-refractivity contribution in [1.29, 1.82) is 0 Å². The highest BCUT2D eigenvalue weighted by Crippen LogP contribution is 2.19. The van der Waals surface area contributed by atoms with E-state index >= 15 is 0 Å². The molecule has 0 atom stereocenters. The molecule has 0 bridgehead atoms. The highest BCUT2D eigenvalue weighted by atomic mass is 16.5. The van der Waals surface area contributed by atoms with Gasteiger partial charge in [0.15, 0.2) is 0 Å². The summed E-state index contributed by atoms with van der Waals surface area (Å²) in [6, 6.07) is 25.1. The number of para-hydroxylation sites is 1. The first kappa shape index (κ1) is 20.6. The fourth-order valence-corrected chi connectivity index (χ4v) is 3.33. The zero-order valence-corrected chi connectivity index (χ0v) is 17.2. The average molecular weight is 415 g/mol. The molecule has 3 aromatic rings. The number of nitrogens with zero attached hydrogens (tertiary/aromatic N) is 2. The molecular formula is C25H25N3O3. The minimum absolute atomic E-state index is 0.315. The predicted octanol–water partition coefficient (Wildman–Crippen LogP) is 3.87. The molecule has 0 unspecified atom stereocenters. The maximum atomic E-state index is 12.6. The van der Waals surface area contributed by atoms with Crippen molar-refractivity contribution in [3.63, 3.8) is 0 Å². The molecule has 1 N–H and O–H groups in total. The first-order valence-corrected chi connectivity index (χ1v) is 10.3. The molecule has 4 rings (SSSR count). The van der Waals surface area contributed by atoms with Gasteiger partial charge in [-0.25, -0.2) is 5.43 Å². The number of carbonyl (C=O) groups is 1. The lowest BCUT2D eigenvalue weighted by molar-refractivity contribution is 0.0950. The summed E-state index contributed by atoms with van der Waals surface area (Å²) in [5.74, 6) is 0.207. The van der Waals surface area contributed by atoms with E-state index in [1.807, 2.05) is 48.5 Å². The van der Waals surface area contributed by atoms with E-state index in [0.717, 1.165) is 43.1 Å². The minimum Gasteiger partial charge on any atom is -0.488 e. The molecule has 1 aliphatic heterocycles. The summed E-state index contributed by atoms with van der Waals surface area (Å²) in [7, 11) is 0. The Morgan fingerprint density at radius 2 is 1.68 bits per heavy atom. The Morgan fingerprint density at radius 1 is 0.968 bits per heavy atom. The highest BCUT2D eigenvalue weighted by molar-refractivity contribution is 5.97. The molecule has 0 aliphatic carbocycles. The zero-order chi connectivity index (χ0) is 21.3. The van der Waals surface area contributed by atoms with Gasteiger partial charge in [0.05, 0.1) is 25.0 Å². The first-order valence-electron chi connectivity index (χ1n) is 10.3. The molecule has 3 aromatic carbocycles. The van der Waals surface area contributed by atoms with E-state index in [9.17, 15) is 4.79 Å². The molecule has 0 radical (unpaired) electrons. The Bertz CT molecular complexity index is 1010. The third kappa shape index (κ3) is 5.71. The van der Waals surface area contributed by atoms with Crippen molar-refractivity contribution in [3.05, 3.63) is 95.6 Å². The van der Waals surface area contributed by atoms with E-state index in [1.54, 1.807) is 24.4 Å². The molecule has 1 heterocycles. The Balaban J connectivity index is 1.34. The molecular weight excluding hydrogens is 390 g/mol. The first-order chi connectivity index (χ1) is 15.3. The van der Waals surface area contributed by atoms with Crippen LogP contribution in [0.3, 0.4) is 0 Å². The van der Waals surface area contributed by atoms with Gasteiger partial charge in [0, 0.05) is 18.8 Å². The second-order valence-corrected chi connectivity index (χ2v) is 7.16. The molecule has 158 valence electrons. The van der Waals surface area contributed by atoms with Gasteiger partial charge in [-0.15, -0.1) is 0 Å². The highest BCUT2D eigenvalue weighted by Gasteiger charge is 2.12. The summed E-state index contributed by atoms with van der Waals surface area (Å²) in [5, 5.41) is 4.11. The van der Waals surface area contributed by atoms with Crippen LogP contribution in [0.1, 0.15) is 21.5 Å². The fraction of sp³-hybridized carbons (Fsp3) is 0.200. The Labute approximate surface area is 182 Å². The number of hydrogen-bond acceptors (Lipinski definition) is 5. The molecule has 1 amide bonds. The number of morpholine rings is 1. The van der Waals surface area contributed by atoms with Crippen LogP contribution in [-0.2, 0) is 11.3 Å². The van der Waals surface area contributed by atoms with Gasteiger partial charge in [0.25, 0.3) is 5.91 Å². The maximum absolute atomic E-state index is 12.6. The van der Waals surface area contributed by atoms with Gasteiger partial charge in [-0.2, -0.15) is 5.10 Å². The number of benzene rings is 3. The summed E-state index contributed by atoms with van der Waals surface area (Å²) >= 11 is 0. The Morgan fingerprint density at radius 3 is 2.45 bits per heavy atom. The van der Waals surface area contributed by atoms with Crippen LogP contribution in [0.4, 0.5) is 5.69 Å². The summed E-state index contributed by atoms with van der Waals surface area (Å²) in [4.78, 5) is 14.9. The smallest absolute Gasteiger partial charge is 0.275 e. The van der Waals surface area contributed by atoms with Crippen molar-refractivity contribution in [2.24, 2.45) is 5.10 Å². The molecule has 1 fully saturated rings. The number of anilines is 1. The van der Waals surface area contributed by atoms with Crippen LogP contribution >= 0.6 is 0 Å². The zero-order valence-electron chi connectivity index (χ0n) is 17.2. The van der Waals surface area contributed by atoms with E-state index in [2.05, 4.69) is 27.6 Å². The van der Waals surface area contributed by atoms with Gasteiger partial charge < -0.3 is 14.4 Å². The maximum Gasteiger partial charge on any atom is 0.275 e. The van der Waals surface area contributed by atoms with E-state index in [4.69, 9.17) is 9.47 Å². The molecule has 6 nitrogen and oxygen atoms in total. The number of hydrogen-bond donors (Lipinski definition) is 1. The molecule has 1 aliphatic rings. The van der Waals surface area contributed by atoms with Gasteiger partial charge in [-0.1, -0.05) is 54.6 Å². The number of rotatable bonds is 7. The molecule has 1 saturated heterocycles. The Hall–Kier alpha value is -3.64. The van der Waals surface area contributed by atoms with Gasteiger partial charge in [-0.05, 0) is 35.4 Å². The largest absolute Gasteiger partial charge is 0.488 e. The van der Waals surface area contributed by atoms with Crippen LogP contribution in [0.15, 0.2) is 84.0 Å². The standard InChI is InChI=1S/C25H25N3O3/c29-25(23-8-4-5-9-24(23)31-19-21-6-2-1-3-7-21)27-26-18-20-10-12-22(13-11-20)28-14-16-30-17-15-28/h1-13,18H,14-17,19H2,(H,27,29)/b26-18-. The van der Waals surface area contributed by atoms with E-state index in [1.165, 1.54) is 0 Å². The molecule has 6 heteroatoms. The lowest BCUT2D eigenvalue weighted by Crippen LogP contribution is -2.36. The molecule has 0 spiro atoms. The predicted molar refractivity (Wildman–Crippen MR) is 122 cm³/mol. The lowest BCUT2D eigenvalue weighted by atomic mass is 10.2.